The van der Waals surface area contributed by atoms with Gasteiger partial charge in [-0.2, -0.15) is 0 Å². The van der Waals surface area contributed by atoms with Crippen LogP contribution in [0.1, 0.15) is 11.4 Å². The highest BCUT2D eigenvalue weighted by atomic mass is 79.9. The van der Waals surface area contributed by atoms with Gasteiger partial charge in [0.1, 0.15) is 0 Å². The van der Waals surface area contributed by atoms with Crippen LogP contribution >= 0.6 is 27.5 Å². The number of halogens is 2. The zero-order valence-corrected chi connectivity index (χ0v) is 12.2. The second-order valence-corrected chi connectivity index (χ2v) is 5.54. The molecule has 2 nitrogen and oxygen atoms in total. The molecule has 0 aliphatic heterocycles. The first-order chi connectivity index (χ1) is 9.20. The Bertz CT molecular complexity index is 744. The molecule has 3 aromatic rings. The van der Waals surface area contributed by atoms with Gasteiger partial charge in [0.15, 0.2) is 0 Å². The molecule has 0 aliphatic carbocycles. The van der Waals surface area contributed by atoms with Crippen molar-refractivity contribution in [3.63, 3.8) is 0 Å². The van der Waals surface area contributed by atoms with E-state index in [2.05, 4.69) is 44.1 Å². The summed E-state index contributed by atoms with van der Waals surface area (Å²) >= 11 is 9.26. The molecule has 0 spiro atoms. The molecule has 2 aromatic heterocycles. The molecule has 3 rings (SSSR count). The van der Waals surface area contributed by atoms with Crippen LogP contribution in [0.5, 0.6) is 0 Å². The molecule has 94 valence electrons. The van der Waals surface area contributed by atoms with Gasteiger partial charge in [0, 0.05) is 27.3 Å². The highest BCUT2D eigenvalue weighted by Gasteiger charge is 1.98. The van der Waals surface area contributed by atoms with E-state index in [1.807, 2.05) is 30.4 Å². The van der Waals surface area contributed by atoms with E-state index in [1.165, 1.54) is 5.39 Å². The Morgan fingerprint density at radius 3 is 2.79 bits per heavy atom. The van der Waals surface area contributed by atoms with E-state index in [0.29, 0.717) is 5.02 Å². The largest absolute Gasteiger partial charge is 0.355 e. The van der Waals surface area contributed by atoms with Crippen molar-refractivity contribution in [3.8, 4) is 0 Å². The topological polar surface area (TPSA) is 28.7 Å². The number of benzene rings is 1. The van der Waals surface area contributed by atoms with Gasteiger partial charge in [0.2, 0.25) is 0 Å². The minimum atomic E-state index is 0.646. The van der Waals surface area contributed by atoms with Crippen LogP contribution in [0.2, 0.25) is 5.02 Å². The summed E-state index contributed by atoms with van der Waals surface area (Å²) in [6.07, 6.45) is 5.60. The number of nitrogens with one attached hydrogen (secondary N) is 1. The van der Waals surface area contributed by atoms with E-state index in [4.69, 9.17) is 11.6 Å². The van der Waals surface area contributed by atoms with Gasteiger partial charge >= 0.3 is 0 Å². The molecule has 0 fully saturated rings. The number of nitrogens with zero attached hydrogens (tertiary/aromatic N) is 1. The number of H-pyrrole nitrogens is 1. The first-order valence-electron chi connectivity index (χ1n) is 5.79. The van der Waals surface area contributed by atoms with Gasteiger partial charge in [-0.25, -0.2) is 0 Å². The summed E-state index contributed by atoms with van der Waals surface area (Å²) in [6, 6.07) is 12.0. The van der Waals surface area contributed by atoms with Crippen LogP contribution in [-0.2, 0) is 0 Å². The number of aromatic amines is 1. The van der Waals surface area contributed by atoms with Crippen LogP contribution in [0, 0.1) is 0 Å². The van der Waals surface area contributed by atoms with Crippen molar-refractivity contribution in [3.05, 3.63) is 63.5 Å². The van der Waals surface area contributed by atoms with Crippen LogP contribution in [0.4, 0.5) is 0 Å². The molecule has 0 radical (unpaired) electrons. The van der Waals surface area contributed by atoms with Gasteiger partial charge in [-0.05, 0) is 42.5 Å². The zero-order valence-electron chi connectivity index (χ0n) is 9.90. The zero-order chi connectivity index (χ0) is 13.2. The standard InChI is InChI=1S/C15H10BrClN2/c16-11-2-1-10-7-14(19-15(10)8-11)6-5-13-4-3-12(17)9-18-13/h1-9,19H. The van der Waals surface area contributed by atoms with Crippen molar-refractivity contribution >= 4 is 50.6 Å². The van der Waals surface area contributed by atoms with Crippen molar-refractivity contribution in [2.75, 3.05) is 0 Å². The van der Waals surface area contributed by atoms with Crippen molar-refractivity contribution in [1.29, 1.82) is 0 Å². The first-order valence-corrected chi connectivity index (χ1v) is 6.96. The minimum absolute atomic E-state index is 0.646. The summed E-state index contributed by atoms with van der Waals surface area (Å²) in [5, 5.41) is 1.83. The number of pyridine rings is 1. The summed E-state index contributed by atoms with van der Waals surface area (Å²) < 4.78 is 1.07. The number of rotatable bonds is 2. The van der Waals surface area contributed by atoms with Crippen LogP contribution in [0.3, 0.4) is 0 Å². The normalized spacial score (nSPS) is 11.5. The van der Waals surface area contributed by atoms with Crippen LogP contribution < -0.4 is 0 Å². The monoisotopic (exact) mass is 332 g/mol. The van der Waals surface area contributed by atoms with Gasteiger partial charge in [-0.15, -0.1) is 0 Å². The van der Waals surface area contributed by atoms with Crippen molar-refractivity contribution in [1.82, 2.24) is 9.97 Å². The highest BCUT2D eigenvalue weighted by molar-refractivity contribution is 9.10. The summed E-state index contributed by atoms with van der Waals surface area (Å²) in [7, 11) is 0. The Labute approximate surface area is 124 Å². The molecule has 0 atom stereocenters. The molecule has 4 heteroatoms. The summed E-state index contributed by atoms with van der Waals surface area (Å²) in [5.74, 6) is 0. The Balaban J connectivity index is 1.90. The molecule has 2 heterocycles. The van der Waals surface area contributed by atoms with Gasteiger partial charge in [0.25, 0.3) is 0 Å². The van der Waals surface area contributed by atoms with Gasteiger partial charge in [-0.1, -0.05) is 33.6 Å². The number of hydrogen-bond donors (Lipinski definition) is 1. The van der Waals surface area contributed by atoms with Gasteiger partial charge in [-0.3, -0.25) is 4.98 Å². The number of hydrogen-bond acceptors (Lipinski definition) is 1. The van der Waals surface area contributed by atoms with E-state index in [1.54, 1.807) is 6.20 Å². The summed E-state index contributed by atoms with van der Waals surface area (Å²) in [4.78, 5) is 7.57. The second kappa shape index (κ2) is 5.19. The van der Waals surface area contributed by atoms with E-state index in [0.717, 1.165) is 21.4 Å². The average Bonchev–Trinajstić information content (AvgIpc) is 2.80. The first kappa shape index (κ1) is 12.5. The van der Waals surface area contributed by atoms with Crippen molar-refractivity contribution < 1.29 is 0 Å². The molecule has 0 saturated carbocycles. The van der Waals surface area contributed by atoms with E-state index < -0.39 is 0 Å². The van der Waals surface area contributed by atoms with E-state index in [-0.39, 0.29) is 0 Å². The maximum Gasteiger partial charge on any atom is 0.0631 e. The Morgan fingerprint density at radius 1 is 1.11 bits per heavy atom. The average molecular weight is 334 g/mol. The molecule has 0 bridgehead atoms. The van der Waals surface area contributed by atoms with Crippen molar-refractivity contribution in [2.24, 2.45) is 0 Å². The fourth-order valence-electron chi connectivity index (χ4n) is 1.87. The lowest BCUT2D eigenvalue weighted by molar-refractivity contribution is 1.30. The maximum absolute atomic E-state index is 5.80. The van der Waals surface area contributed by atoms with Crippen LogP contribution in [0.25, 0.3) is 23.1 Å². The number of fused-ring (bicyclic) bond motifs is 1. The molecule has 19 heavy (non-hydrogen) atoms. The Hall–Kier alpha value is -1.58. The third-order valence-electron chi connectivity index (χ3n) is 2.79. The van der Waals surface area contributed by atoms with E-state index >= 15 is 0 Å². The molecule has 0 saturated heterocycles. The summed E-state index contributed by atoms with van der Waals surface area (Å²) in [5.41, 5.74) is 3.03. The fraction of sp³-hybridized carbons (Fsp3) is 0. The quantitative estimate of drug-likeness (QED) is 0.690. The smallest absolute Gasteiger partial charge is 0.0631 e. The summed E-state index contributed by atoms with van der Waals surface area (Å²) in [6.45, 7) is 0. The molecule has 0 aliphatic rings. The number of aromatic nitrogens is 2. The Morgan fingerprint density at radius 2 is 2.00 bits per heavy atom. The lowest BCUT2D eigenvalue weighted by atomic mass is 10.2. The molecular formula is C15H10BrClN2. The third kappa shape index (κ3) is 2.88. The fourth-order valence-corrected chi connectivity index (χ4v) is 2.35. The van der Waals surface area contributed by atoms with Crippen molar-refractivity contribution in [2.45, 2.75) is 0 Å². The molecule has 1 N–H and O–H groups in total. The lowest BCUT2D eigenvalue weighted by Crippen LogP contribution is -1.78. The van der Waals surface area contributed by atoms with Crippen LogP contribution in [-0.4, -0.2) is 9.97 Å². The second-order valence-electron chi connectivity index (χ2n) is 4.19. The SMILES string of the molecule is Clc1ccc(C=Cc2cc3ccc(Br)cc3[nH]2)nc1. The maximum atomic E-state index is 5.80. The minimum Gasteiger partial charge on any atom is -0.355 e. The highest BCUT2D eigenvalue weighted by Crippen LogP contribution is 2.21. The molecule has 0 amide bonds. The molecule has 1 aromatic carbocycles. The lowest BCUT2D eigenvalue weighted by Gasteiger charge is -1.92. The molecular weight excluding hydrogens is 324 g/mol. The van der Waals surface area contributed by atoms with Gasteiger partial charge < -0.3 is 4.98 Å². The Kier molecular flexibility index (Phi) is 3.40. The predicted molar refractivity (Wildman–Crippen MR) is 84.2 cm³/mol. The van der Waals surface area contributed by atoms with Gasteiger partial charge in [0.05, 0.1) is 10.7 Å². The predicted octanol–water partition coefficient (Wildman–Crippen LogP) is 5.15. The van der Waals surface area contributed by atoms with Crippen LogP contribution in [0.15, 0.2) is 47.1 Å². The molecule has 0 unspecified atom stereocenters. The van der Waals surface area contributed by atoms with E-state index in [9.17, 15) is 0 Å². The third-order valence-corrected chi connectivity index (χ3v) is 3.51.